The van der Waals surface area contributed by atoms with Gasteiger partial charge in [0.15, 0.2) is 15.8 Å². The van der Waals surface area contributed by atoms with Gasteiger partial charge in [-0.05, 0) is 31.5 Å². The Kier molecular flexibility index (Phi) is 10.4. The summed E-state index contributed by atoms with van der Waals surface area (Å²) < 4.78 is 27.9. The van der Waals surface area contributed by atoms with Crippen LogP contribution in [0, 0.1) is 0 Å². The van der Waals surface area contributed by atoms with Gasteiger partial charge in [0.1, 0.15) is 0 Å². The molecule has 0 aliphatic heterocycles. The smallest absolute Gasteiger partial charge is 0.191 e. The average molecular weight is 455 g/mol. The van der Waals surface area contributed by atoms with Crippen molar-refractivity contribution in [3.8, 4) is 0 Å². The first-order valence-corrected chi connectivity index (χ1v) is 9.08. The molecule has 0 saturated heterocycles. The molecule has 0 heterocycles. The third-order valence-corrected chi connectivity index (χ3v) is 4.04. The molecular weight excluding hydrogens is 429 g/mol. The quantitative estimate of drug-likeness (QED) is 0.373. The number of nitrogens with one attached hydrogen (secondary N) is 2. The molecule has 0 radical (unpaired) electrons. The number of benzene rings is 1. The van der Waals surface area contributed by atoms with E-state index in [0.717, 1.165) is 12.1 Å². The minimum atomic E-state index is -3.16. The van der Waals surface area contributed by atoms with E-state index in [-0.39, 0.29) is 30.0 Å². The van der Waals surface area contributed by atoms with Crippen molar-refractivity contribution in [1.29, 1.82) is 0 Å². The highest BCUT2D eigenvalue weighted by Crippen LogP contribution is 2.10. The lowest BCUT2D eigenvalue weighted by Gasteiger charge is -2.17. The largest absolute Gasteiger partial charge is 0.383 e. The number of halogens is 1. The Morgan fingerprint density at radius 3 is 2.39 bits per heavy atom. The number of hydrogen-bond acceptors (Lipinski definition) is 4. The summed E-state index contributed by atoms with van der Waals surface area (Å²) in [6.07, 6.45) is 1.20. The third kappa shape index (κ3) is 8.52. The van der Waals surface area contributed by atoms with E-state index in [1.807, 2.05) is 13.8 Å². The minimum absolute atomic E-state index is 0. The number of rotatable bonds is 7. The van der Waals surface area contributed by atoms with Crippen molar-refractivity contribution >= 4 is 39.8 Å². The molecule has 0 fully saturated rings. The molecule has 23 heavy (non-hydrogen) atoms. The molecule has 0 aliphatic rings. The Hall–Kier alpha value is -0.870. The predicted molar refractivity (Wildman–Crippen MR) is 104 cm³/mol. The van der Waals surface area contributed by atoms with Gasteiger partial charge in [-0.25, -0.2) is 13.4 Å². The van der Waals surface area contributed by atoms with Crippen molar-refractivity contribution in [3.05, 3.63) is 29.8 Å². The van der Waals surface area contributed by atoms with Crippen LogP contribution in [0.2, 0.25) is 0 Å². The first-order valence-electron chi connectivity index (χ1n) is 7.19. The summed E-state index contributed by atoms with van der Waals surface area (Å²) in [6, 6.07) is 6.92. The van der Waals surface area contributed by atoms with Crippen LogP contribution in [0.1, 0.15) is 19.4 Å². The van der Waals surface area contributed by atoms with Crippen molar-refractivity contribution in [2.24, 2.45) is 4.99 Å². The summed E-state index contributed by atoms with van der Waals surface area (Å²) in [5, 5.41) is 6.41. The zero-order valence-electron chi connectivity index (χ0n) is 14.0. The summed E-state index contributed by atoms with van der Waals surface area (Å²) in [4.78, 5) is 4.81. The highest BCUT2D eigenvalue weighted by molar-refractivity contribution is 14.0. The fourth-order valence-electron chi connectivity index (χ4n) is 1.86. The third-order valence-electron chi connectivity index (χ3n) is 2.92. The number of sulfone groups is 1. The van der Waals surface area contributed by atoms with Crippen LogP contribution in [0.4, 0.5) is 0 Å². The summed E-state index contributed by atoms with van der Waals surface area (Å²) in [6.45, 7) is 5.83. The Morgan fingerprint density at radius 1 is 1.30 bits per heavy atom. The van der Waals surface area contributed by atoms with Gasteiger partial charge in [-0.2, -0.15) is 0 Å². The van der Waals surface area contributed by atoms with E-state index in [0.29, 0.717) is 24.0 Å². The van der Waals surface area contributed by atoms with Gasteiger partial charge in [0, 0.05) is 26.0 Å². The molecule has 132 valence electrons. The van der Waals surface area contributed by atoms with Crippen LogP contribution < -0.4 is 10.6 Å². The number of ether oxygens (including phenoxy) is 1. The molecule has 0 aliphatic carbocycles. The van der Waals surface area contributed by atoms with Gasteiger partial charge in [-0.3, -0.25) is 0 Å². The number of methoxy groups -OCH3 is 1. The second-order valence-electron chi connectivity index (χ2n) is 5.11. The molecule has 8 heteroatoms. The van der Waals surface area contributed by atoms with E-state index >= 15 is 0 Å². The lowest BCUT2D eigenvalue weighted by atomic mass is 10.2. The summed E-state index contributed by atoms with van der Waals surface area (Å²) in [7, 11) is -1.50. The Balaban J connectivity index is 0.00000484. The molecule has 0 bridgehead atoms. The zero-order valence-corrected chi connectivity index (χ0v) is 17.1. The maximum absolute atomic E-state index is 11.4. The fraction of sp³-hybridized carbons (Fsp3) is 0.533. The molecule has 0 spiro atoms. The van der Waals surface area contributed by atoms with Crippen molar-refractivity contribution < 1.29 is 13.2 Å². The second kappa shape index (κ2) is 10.8. The SMILES string of the molecule is CCNC(=NCc1ccc(S(C)(=O)=O)cc1)NC(C)COC.I. The molecule has 0 amide bonds. The summed E-state index contributed by atoms with van der Waals surface area (Å²) >= 11 is 0. The van der Waals surface area contributed by atoms with Crippen LogP contribution in [0.15, 0.2) is 34.2 Å². The fourth-order valence-corrected chi connectivity index (χ4v) is 2.49. The van der Waals surface area contributed by atoms with E-state index in [9.17, 15) is 8.42 Å². The van der Waals surface area contributed by atoms with Crippen molar-refractivity contribution in [1.82, 2.24) is 10.6 Å². The maximum Gasteiger partial charge on any atom is 0.191 e. The van der Waals surface area contributed by atoms with Crippen LogP contribution in [0.25, 0.3) is 0 Å². The van der Waals surface area contributed by atoms with Crippen molar-refractivity contribution in [2.75, 3.05) is 26.5 Å². The number of hydrogen-bond donors (Lipinski definition) is 2. The topological polar surface area (TPSA) is 79.8 Å². The van der Waals surface area contributed by atoms with Crippen LogP contribution >= 0.6 is 24.0 Å². The molecule has 0 aromatic heterocycles. The van der Waals surface area contributed by atoms with Crippen LogP contribution in [0.5, 0.6) is 0 Å². The Labute approximate surface area is 156 Å². The highest BCUT2D eigenvalue weighted by atomic mass is 127. The van der Waals surface area contributed by atoms with Gasteiger partial charge in [-0.15, -0.1) is 24.0 Å². The van der Waals surface area contributed by atoms with Gasteiger partial charge >= 0.3 is 0 Å². The van der Waals surface area contributed by atoms with E-state index in [1.165, 1.54) is 6.26 Å². The Bertz CT molecular complexity index is 588. The molecule has 2 N–H and O–H groups in total. The van der Waals surface area contributed by atoms with E-state index in [4.69, 9.17) is 4.74 Å². The summed E-state index contributed by atoms with van der Waals surface area (Å²) in [5.41, 5.74) is 0.948. The van der Waals surface area contributed by atoms with Gasteiger partial charge < -0.3 is 15.4 Å². The molecule has 6 nitrogen and oxygen atoms in total. The second-order valence-corrected chi connectivity index (χ2v) is 7.13. The maximum atomic E-state index is 11.4. The molecule has 1 rings (SSSR count). The van der Waals surface area contributed by atoms with Crippen LogP contribution in [0.3, 0.4) is 0 Å². The Morgan fingerprint density at radius 2 is 1.91 bits per heavy atom. The number of aliphatic imine (C=N–C) groups is 1. The zero-order chi connectivity index (χ0) is 16.6. The van der Waals surface area contributed by atoms with Gasteiger partial charge in [0.2, 0.25) is 0 Å². The van der Waals surface area contributed by atoms with Crippen LogP contribution in [-0.4, -0.2) is 46.9 Å². The molecule has 1 aromatic carbocycles. The van der Waals surface area contributed by atoms with Gasteiger partial charge in [0.05, 0.1) is 18.0 Å². The highest BCUT2D eigenvalue weighted by Gasteiger charge is 2.07. The monoisotopic (exact) mass is 455 g/mol. The number of guanidine groups is 1. The molecule has 1 unspecified atom stereocenters. The average Bonchev–Trinajstić information content (AvgIpc) is 2.45. The lowest BCUT2D eigenvalue weighted by Crippen LogP contribution is -2.43. The molecule has 1 atom stereocenters. The first kappa shape index (κ1) is 22.1. The summed E-state index contributed by atoms with van der Waals surface area (Å²) in [5.74, 6) is 0.708. The van der Waals surface area contributed by atoms with Gasteiger partial charge in [-0.1, -0.05) is 12.1 Å². The molecule has 0 saturated carbocycles. The van der Waals surface area contributed by atoms with E-state index < -0.39 is 9.84 Å². The lowest BCUT2D eigenvalue weighted by molar-refractivity contribution is 0.179. The van der Waals surface area contributed by atoms with Gasteiger partial charge in [0.25, 0.3) is 0 Å². The number of nitrogens with zero attached hydrogens (tertiary/aromatic N) is 1. The van der Waals surface area contributed by atoms with E-state index in [1.54, 1.807) is 31.4 Å². The van der Waals surface area contributed by atoms with Crippen LogP contribution in [-0.2, 0) is 21.1 Å². The predicted octanol–water partition coefficient (Wildman–Crippen LogP) is 1.80. The van der Waals surface area contributed by atoms with Crippen molar-refractivity contribution in [3.63, 3.8) is 0 Å². The van der Waals surface area contributed by atoms with Crippen molar-refractivity contribution in [2.45, 2.75) is 31.3 Å². The molecular formula is C15H26IN3O3S. The molecule has 1 aromatic rings. The van der Waals surface area contributed by atoms with E-state index in [2.05, 4.69) is 15.6 Å². The standard InChI is InChI=1S/C15H25N3O3S.HI/c1-5-16-15(18-12(2)11-21-3)17-10-13-6-8-14(9-7-13)22(4,19)20;/h6-9,12H,5,10-11H2,1-4H3,(H2,16,17,18);1H. The minimum Gasteiger partial charge on any atom is -0.383 e. The first-order chi connectivity index (χ1) is 10.4. The normalized spacial score (nSPS) is 13.1.